The molecular formula is C48H46N2O11S4. The number of thiophene rings is 2. The molecule has 0 aliphatic rings. The lowest BCUT2D eigenvalue weighted by molar-refractivity contribution is -0.139. The molecule has 4 N–H and O–H groups in total. The summed E-state index contributed by atoms with van der Waals surface area (Å²) in [5.74, 6) is -0.803. The molecule has 0 aliphatic carbocycles. The molecule has 2 amide bonds. The van der Waals surface area contributed by atoms with Crippen LogP contribution in [0, 0.1) is 6.92 Å². The molecule has 65 heavy (non-hydrogen) atoms. The first-order chi connectivity index (χ1) is 31.2. The van der Waals surface area contributed by atoms with Gasteiger partial charge < -0.3 is 35.1 Å². The van der Waals surface area contributed by atoms with Crippen LogP contribution in [0.15, 0.2) is 113 Å². The van der Waals surface area contributed by atoms with Crippen LogP contribution in [0.1, 0.15) is 71.4 Å². The molecule has 0 saturated carbocycles. The number of ketones is 2. The Kier molecular flexibility index (Phi) is 18.4. The van der Waals surface area contributed by atoms with Crippen LogP contribution in [0.25, 0.3) is 0 Å². The van der Waals surface area contributed by atoms with Gasteiger partial charge in [0.25, 0.3) is 0 Å². The first kappa shape index (κ1) is 49.6. The highest BCUT2D eigenvalue weighted by Crippen LogP contribution is 2.33. The summed E-state index contributed by atoms with van der Waals surface area (Å²) in [6.07, 6.45) is 1.51. The molecule has 17 heteroatoms. The van der Waals surface area contributed by atoms with Gasteiger partial charge >= 0.3 is 11.9 Å². The van der Waals surface area contributed by atoms with Crippen molar-refractivity contribution in [3.05, 3.63) is 146 Å². The average Bonchev–Trinajstić information content (AvgIpc) is 3.93. The molecule has 2 heterocycles. The van der Waals surface area contributed by atoms with Crippen LogP contribution in [-0.2, 0) is 27.2 Å². The second-order valence-corrected chi connectivity index (χ2v) is 18.2. The van der Waals surface area contributed by atoms with Crippen molar-refractivity contribution >= 4 is 91.5 Å². The molecule has 4 aromatic carbocycles. The van der Waals surface area contributed by atoms with E-state index in [9.17, 15) is 28.8 Å². The van der Waals surface area contributed by atoms with Gasteiger partial charge in [-0.05, 0) is 122 Å². The third-order valence-electron chi connectivity index (χ3n) is 9.28. The molecule has 6 aromatic rings. The van der Waals surface area contributed by atoms with Crippen molar-refractivity contribution in [3.63, 3.8) is 0 Å². The first-order valence-electron chi connectivity index (χ1n) is 20.0. The van der Waals surface area contributed by atoms with Gasteiger partial charge in [0.15, 0.2) is 18.2 Å². The normalized spacial score (nSPS) is 10.5. The fourth-order valence-corrected chi connectivity index (χ4v) is 9.48. The van der Waals surface area contributed by atoms with Gasteiger partial charge in [0.05, 0.1) is 42.4 Å². The summed E-state index contributed by atoms with van der Waals surface area (Å²) in [5, 5.41) is 24.6. The van der Waals surface area contributed by atoms with Crippen molar-refractivity contribution in [2.75, 3.05) is 43.0 Å². The topological polar surface area (TPSA) is 195 Å². The number of anilines is 2. The van der Waals surface area contributed by atoms with E-state index in [-0.39, 0.29) is 40.5 Å². The maximum absolute atomic E-state index is 13.1. The Morgan fingerprint density at radius 1 is 0.600 bits per heavy atom. The fourth-order valence-electron chi connectivity index (χ4n) is 5.91. The number of amides is 2. The lowest BCUT2D eigenvalue weighted by Crippen LogP contribution is -2.15. The molecule has 0 unspecified atom stereocenters. The lowest BCUT2D eigenvalue weighted by Gasteiger charge is -2.09. The molecule has 0 aliphatic heterocycles. The molecule has 338 valence electrons. The molecule has 0 bridgehead atoms. The van der Waals surface area contributed by atoms with Gasteiger partial charge in [0, 0.05) is 30.7 Å². The number of hydrogen-bond donors (Lipinski definition) is 4. The number of benzene rings is 4. The molecule has 0 fully saturated rings. The quantitative estimate of drug-likeness (QED) is 0.0418. The van der Waals surface area contributed by atoms with Gasteiger partial charge in [-0.25, -0.2) is 9.59 Å². The highest BCUT2D eigenvalue weighted by molar-refractivity contribution is 8.00. The lowest BCUT2D eigenvalue weighted by atomic mass is 10.0. The zero-order chi connectivity index (χ0) is 47.0. The highest BCUT2D eigenvalue weighted by atomic mass is 32.2. The number of aryl methyl sites for hydroxylation is 3. The first-order valence-corrected chi connectivity index (χ1v) is 23.6. The Hall–Kier alpha value is -6.40. The predicted molar refractivity (Wildman–Crippen MR) is 257 cm³/mol. The minimum atomic E-state index is -1.04. The Morgan fingerprint density at radius 2 is 1.08 bits per heavy atom. The van der Waals surface area contributed by atoms with E-state index >= 15 is 0 Å². The van der Waals surface area contributed by atoms with E-state index < -0.39 is 18.5 Å². The summed E-state index contributed by atoms with van der Waals surface area (Å²) in [4.78, 5) is 76.6. The van der Waals surface area contributed by atoms with Gasteiger partial charge in [0.1, 0.15) is 27.3 Å². The fraction of sp³-hybridized carbons (Fsp3) is 0.208. The van der Waals surface area contributed by atoms with Crippen LogP contribution in [-0.4, -0.2) is 77.9 Å². The van der Waals surface area contributed by atoms with Gasteiger partial charge in [-0.3, -0.25) is 19.2 Å². The molecule has 13 nitrogen and oxygen atoms in total. The third kappa shape index (κ3) is 14.3. The van der Waals surface area contributed by atoms with E-state index in [1.165, 1.54) is 58.3 Å². The van der Waals surface area contributed by atoms with Crippen molar-refractivity contribution in [2.24, 2.45) is 0 Å². The van der Waals surface area contributed by atoms with Crippen molar-refractivity contribution in [2.45, 2.75) is 43.4 Å². The number of ether oxygens (including phenoxy) is 3. The largest absolute Gasteiger partial charge is 0.497 e. The van der Waals surface area contributed by atoms with E-state index in [4.69, 9.17) is 24.4 Å². The Bertz CT molecular complexity index is 2660. The predicted octanol–water partition coefficient (Wildman–Crippen LogP) is 10.0. The number of aliphatic carboxylic acids is 1. The second kappa shape index (κ2) is 24.0. The van der Waals surface area contributed by atoms with Gasteiger partial charge in [-0.1, -0.05) is 19.9 Å². The van der Waals surface area contributed by atoms with Crippen molar-refractivity contribution in [1.29, 1.82) is 0 Å². The van der Waals surface area contributed by atoms with Gasteiger partial charge in [-0.2, -0.15) is 0 Å². The molecule has 2 aromatic heterocycles. The summed E-state index contributed by atoms with van der Waals surface area (Å²) >= 11 is 5.36. The minimum absolute atomic E-state index is 0.0958. The number of thioether (sulfide) groups is 2. The number of hydrogen-bond acceptors (Lipinski definition) is 13. The zero-order valence-electron chi connectivity index (χ0n) is 36.1. The molecule has 6 rings (SSSR count). The summed E-state index contributed by atoms with van der Waals surface area (Å²) in [7, 11) is 3.13. The highest BCUT2D eigenvalue weighted by Gasteiger charge is 2.21. The van der Waals surface area contributed by atoms with E-state index in [0.717, 1.165) is 33.1 Å². The Labute approximate surface area is 392 Å². The number of methoxy groups -OCH3 is 2. The SMILES string of the molecule is CCc1cc(C(=O)c2ccc(OC)cc2)c(NC(=O)CSc2ccc(OCC(=O)O)c(C)c2)s1.CCc1cc(C(=O)c2ccc(OC)cc2)c(NC(=O)CSc2cccc(C(=O)O)c2)s1. The van der Waals surface area contributed by atoms with Crippen LogP contribution in [0.2, 0.25) is 0 Å². The molecular weight excluding hydrogens is 909 g/mol. The number of rotatable bonds is 20. The van der Waals surface area contributed by atoms with Gasteiger partial charge in [0.2, 0.25) is 11.8 Å². The van der Waals surface area contributed by atoms with Crippen LogP contribution >= 0.6 is 46.2 Å². The van der Waals surface area contributed by atoms with E-state index in [1.807, 2.05) is 39.0 Å². The van der Waals surface area contributed by atoms with Crippen LogP contribution < -0.4 is 24.8 Å². The van der Waals surface area contributed by atoms with E-state index in [2.05, 4.69) is 10.6 Å². The van der Waals surface area contributed by atoms with E-state index in [0.29, 0.717) is 54.4 Å². The number of carboxylic acids is 2. The Morgan fingerprint density at radius 3 is 1.49 bits per heavy atom. The van der Waals surface area contributed by atoms with Crippen molar-refractivity contribution < 1.29 is 53.2 Å². The maximum Gasteiger partial charge on any atom is 0.341 e. The number of carbonyl (C=O) groups is 6. The zero-order valence-corrected chi connectivity index (χ0v) is 39.3. The van der Waals surface area contributed by atoms with Crippen LogP contribution in [0.3, 0.4) is 0 Å². The van der Waals surface area contributed by atoms with Crippen molar-refractivity contribution in [1.82, 2.24) is 0 Å². The number of nitrogens with one attached hydrogen (secondary N) is 2. The van der Waals surface area contributed by atoms with Crippen LogP contribution in [0.5, 0.6) is 17.2 Å². The average molecular weight is 955 g/mol. The molecule has 0 spiro atoms. The number of carboxylic acid groups (broad SMARTS) is 2. The Balaban J connectivity index is 0.000000245. The molecule has 0 radical (unpaired) electrons. The third-order valence-corrected chi connectivity index (χ3v) is 13.7. The summed E-state index contributed by atoms with van der Waals surface area (Å²) in [6.45, 7) is 5.40. The summed E-state index contributed by atoms with van der Waals surface area (Å²) in [5.41, 5.74) is 2.91. The molecule has 0 saturated heterocycles. The van der Waals surface area contributed by atoms with E-state index in [1.54, 1.807) is 87.0 Å². The standard InChI is InChI=1S/C25H25NO6S2.C23H21NO5S2/c1-4-18-12-20(24(30)16-5-7-17(31-3)8-6-16)25(34-18)26-22(27)14-33-19-9-10-21(15(2)11-19)32-13-23(28)29;1-3-17-12-19(21(26)14-7-9-16(29-2)10-8-14)22(31-17)24-20(25)13-30-18-6-4-5-15(11-18)23(27)28/h5-12H,4,13-14H2,1-3H3,(H,26,27)(H,28,29);4-12H,3,13H2,1-2H3,(H,24,25)(H,27,28). The van der Waals surface area contributed by atoms with Crippen LogP contribution in [0.4, 0.5) is 10.0 Å². The summed E-state index contributed by atoms with van der Waals surface area (Å²) in [6, 6.07) is 29.1. The molecule has 0 atom stereocenters. The number of aromatic carboxylic acids is 1. The minimum Gasteiger partial charge on any atom is -0.497 e. The van der Waals surface area contributed by atoms with Gasteiger partial charge in [-0.15, -0.1) is 46.2 Å². The smallest absolute Gasteiger partial charge is 0.341 e. The monoisotopic (exact) mass is 954 g/mol. The summed E-state index contributed by atoms with van der Waals surface area (Å²) < 4.78 is 15.5. The number of carbonyl (C=O) groups excluding carboxylic acids is 4. The second-order valence-electron chi connectivity index (χ2n) is 13.8. The maximum atomic E-state index is 13.1. The van der Waals surface area contributed by atoms with Crippen molar-refractivity contribution in [3.8, 4) is 17.2 Å².